The predicted molar refractivity (Wildman–Crippen MR) is 81.2 cm³/mol. The van der Waals surface area contributed by atoms with Gasteiger partial charge in [-0.05, 0) is 53.3 Å². The number of nitrogens with zero attached hydrogens (tertiary/aromatic N) is 1. The fraction of sp³-hybridized carbons (Fsp3) is 0.667. The van der Waals surface area contributed by atoms with Crippen LogP contribution in [0.2, 0.25) is 0 Å². The first-order valence-electron chi connectivity index (χ1n) is 5.98. The summed E-state index contributed by atoms with van der Waals surface area (Å²) in [7, 11) is 0. The van der Waals surface area contributed by atoms with Crippen LogP contribution in [0, 0.1) is 0 Å². The summed E-state index contributed by atoms with van der Waals surface area (Å²) in [6.07, 6.45) is 2.53. The highest BCUT2D eigenvalue weighted by atomic mass is 79.9. The molecule has 1 atom stereocenters. The number of rotatable bonds is 5. The minimum absolute atomic E-state index is 0. The Labute approximate surface area is 122 Å². The lowest BCUT2D eigenvalue weighted by atomic mass is 10.2. The van der Waals surface area contributed by atoms with Crippen molar-refractivity contribution in [3.63, 3.8) is 0 Å². The van der Waals surface area contributed by atoms with Crippen LogP contribution in [0.4, 0.5) is 0 Å². The summed E-state index contributed by atoms with van der Waals surface area (Å²) in [6, 6.07) is 2.88. The van der Waals surface area contributed by atoms with Crippen LogP contribution in [-0.2, 0) is 6.54 Å². The van der Waals surface area contributed by atoms with Gasteiger partial charge in [-0.1, -0.05) is 6.92 Å². The van der Waals surface area contributed by atoms with Gasteiger partial charge < -0.3 is 5.32 Å². The largest absolute Gasteiger partial charge is 0.315 e. The Kier molecular flexibility index (Phi) is 7.04. The molecule has 1 N–H and O–H groups in total. The van der Waals surface area contributed by atoms with Crippen molar-refractivity contribution in [3.8, 4) is 0 Å². The van der Waals surface area contributed by atoms with E-state index in [2.05, 4.69) is 44.5 Å². The fourth-order valence-corrected chi connectivity index (χ4v) is 3.75. The smallest absolute Gasteiger partial charge is 0.0342 e. The normalized spacial score (nSPS) is 19.6. The molecule has 98 valence electrons. The molecule has 0 radical (unpaired) electrons. The van der Waals surface area contributed by atoms with E-state index >= 15 is 0 Å². The minimum atomic E-state index is 0. The summed E-state index contributed by atoms with van der Waals surface area (Å²) in [5.41, 5.74) is 0. The second kappa shape index (κ2) is 7.74. The van der Waals surface area contributed by atoms with E-state index in [-0.39, 0.29) is 12.4 Å². The molecule has 0 spiro atoms. The van der Waals surface area contributed by atoms with Gasteiger partial charge >= 0.3 is 0 Å². The number of hydrogen-bond acceptors (Lipinski definition) is 3. The lowest BCUT2D eigenvalue weighted by Crippen LogP contribution is -2.36. The molecule has 17 heavy (non-hydrogen) atoms. The van der Waals surface area contributed by atoms with E-state index in [0.717, 1.165) is 19.1 Å². The molecule has 2 nitrogen and oxygen atoms in total. The third kappa shape index (κ3) is 4.21. The van der Waals surface area contributed by atoms with Crippen molar-refractivity contribution in [2.75, 3.05) is 19.6 Å². The van der Waals surface area contributed by atoms with E-state index in [1.54, 1.807) is 0 Å². The van der Waals surface area contributed by atoms with E-state index in [0.29, 0.717) is 0 Å². The zero-order chi connectivity index (χ0) is 11.4. The van der Waals surface area contributed by atoms with Gasteiger partial charge in [-0.3, -0.25) is 4.90 Å². The molecule has 1 unspecified atom stereocenters. The van der Waals surface area contributed by atoms with Crippen molar-refractivity contribution in [3.05, 3.63) is 20.8 Å². The molecule has 0 saturated carbocycles. The van der Waals surface area contributed by atoms with Gasteiger partial charge in [-0.25, -0.2) is 0 Å². The molecule has 0 aromatic carbocycles. The molecule has 5 heteroatoms. The van der Waals surface area contributed by atoms with Crippen LogP contribution in [0.5, 0.6) is 0 Å². The first-order valence-corrected chi connectivity index (χ1v) is 7.65. The quantitative estimate of drug-likeness (QED) is 0.883. The van der Waals surface area contributed by atoms with Crippen LogP contribution in [0.15, 0.2) is 15.9 Å². The first kappa shape index (κ1) is 15.4. The number of halogens is 2. The van der Waals surface area contributed by atoms with Gasteiger partial charge in [0.1, 0.15) is 0 Å². The molecular weight excluding hydrogens is 320 g/mol. The van der Waals surface area contributed by atoms with Crippen LogP contribution >= 0.6 is 39.7 Å². The summed E-state index contributed by atoms with van der Waals surface area (Å²) in [5, 5.41) is 5.62. The van der Waals surface area contributed by atoms with E-state index in [1.807, 2.05) is 11.3 Å². The van der Waals surface area contributed by atoms with Crippen molar-refractivity contribution in [1.29, 1.82) is 0 Å². The van der Waals surface area contributed by atoms with Gasteiger partial charge in [-0.15, -0.1) is 23.7 Å². The van der Waals surface area contributed by atoms with Gasteiger partial charge in [-0.2, -0.15) is 0 Å². The lowest BCUT2D eigenvalue weighted by Gasteiger charge is -2.27. The molecule has 2 heterocycles. The molecule has 0 aliphatic carbocycles. The van der Waals surface area contributed by atoms with Crippen molar-refractivity contribution in [2.24, 2.45) is 0 Å². The van der Waals surface area contributed by atoms with Crippen LogP contribution in [0.1, 0.15) is 24.6 Å². The van der Waals surface area contributed by atoms with Gasteiger partial charge in [0.05, 0.1) is 0 Å². The highest BCUT2D eigenvalue weighted by molar-refractivity contribution is 9.10. The molecule has 0 amide bonds. The number of nitrogens with one attached hydrogen (secondary N) is 1. The van der Waals surface area contributed by atoms with Gasteiger partial charge in [0, 0.05) is 28.5 Å². The van der Waals surface area contributed by atoms with Gasteiger partial charge in [0.25, 0.3) is 0 Å². The Balaban J connectivity index is 0.00000144. The summed E-state index contributed by atoms with van der Waals surface area (Å²) < 4.78 is 1.27. The Morgan fingerprint density at radius 3 is 2.94 bits per heavy atom. The summed E-state index contributed by atoms with van der Waals surface area (Å²) >= 11 is 5.48. The molecule has 2 rings (SSSR count). The molecule has 1 aromatic heterocycles. The standard InChI is InChI=1S/C12H19BrN2S.ClH/c1-2-6-15(10-3-5-14-8-10)9-12-11(13)4-7-16-12;/h4,7,10,14H,2-3,5-6,8-9H2,1H3;1H. The lowest BCUT2D eigenvalue weighted by molar-refractivity contribution is 0.201. The predicted octanol–water partition coefficient (Wildman–Crippen LogP) is 3.51. The Bertz CT molecular complexity index is 326. The topological polar surface area (TPSA) is 15.3 Å². The van der Waals surface area contributed by atoms with Gasteiger partial charge in [0.2, 0.25) is 0 Å². The molecule has 0 bridgehead atoms. The number of hydrogen-bond donors (Lipinski definition) is 1. The van der Waals surface area contributed by atoms with E-state index in [4.69, 9.17) is 0 Å². The molecule has 1 saturated heterocycles. The highest BCUT2D eigenvalue weighted by Crippen LogP contribution is 2.25. The second-order valence-electron chi connectivity index (χ2n) is 4.31. The third-order valence-electron chi connectivity index (χ3n) is 3.10. The summed E-state index contributed by atoms with van der Waals surface area (Å²) in [6.45, 7) is 6.90. The zero-order valence-electron chi connectivity index (χ0n) is 10.1. The van der Waals surface area contributed by atoms with Crippen molar-refractivity contribution in [1.82, 2.24) is 10.2 Å². The monoisotopic (exact) mass is 338 g/mol. The first-order chi connectivity index (χ1) is 7.81. The van der Waals surface area contributed by atoms with Crippen molar-refractivity contribution in [2.45, 2.75) is 32.4 Å². The Hall–Kier alpha value is 0.390. The molecular formula is C12H20BrClN2S. The third-order valence-corrected chi connectivity index (χ3v) is 5.01. The van der Waals surface area contributed by atoms with E-state index in [9.17, 15) is 0 Å². The SMILES string of the molecule is CCCN(Cc1sccc1Br)C1CCNC1.Cl. The maximum absolute atomic E-state index is 3.62. The molecule has 1 aliphatic rings. The summed E-state index contributed by atoms with van der Waals surface area (Å²) in [4.78, 5) is 4.08. The fourth-order valence-electron chi connectivity index (χ4n) is 2.25. The molecule has 1 fully saturated rings. The minimum Gasteiger partial charge on any atom is -0.315 e. The van der Waals surface area contributed by atoms with Crippen molar-refractivity contribution < 1.29 is 0 Å². The van der Waals surface area contributed by atoms with E-state index < -0.39 is 0 Å². The zero-order valence-corrected chi connectivity index (χ0v) is 13.3. The van der Waals surface area contributed by atoms with Crippen LogP contribution in [-0.4, -0.2) is 30.6 Å². The van der Waals surface area contributed by atoms with Gasteiger partial charge in [0.15, 0.2) is 0 Å². The molecule has 1 aliphatic heterocycles. The Morgan fingerprint density at radius 2 is 2.41 bits per heavy atom. The molecule has 1 aromatic rings. The summed E-state index contributed by atoms with van der Waals surface area (Å²) in [5.74, 6) is 0. The second-order valence-corrected chi connectivity index (χ2v) is 6.16. The van der Waals surface area contributed by atoms with Crippen molar-refractivity contribution >= 4 is 39.7 Å². The average molecular weight is 340 g/mol. The number of thiophene rings is 1. The van der Waals surface area contributed by atoms with E-state index in [1.165, 1.54) is 35.3 Å². The Morgan fingerprint density at radius 1 is 1.59 bits per heavy atom. The van der Waals surface area contributed by atoms with Crippen LogP contribution < -0.4 is 5.32 Å². The highest BCUT2D eigenvalue weighted by Gasteiger charge is 2.22. The maximum atomic E-state index is 3.62. The van der Waals surface area contributed by atoms with Crippen LogP contribution in [0.25, 0.3) is 0 Å². The maximum Gasteiger partial charge on any atom is 0.0342 e. The van der Waals surface area contributed by atoms with Crippen LogP contribution in [0.3, 0.4) is 0 Å². The average Bonchev–Trinajstić information content (AvgIpc) is 2.90.